The summed E-state index contributed by atoms with van der Waals surface area (Å²) in [5.41, 5.74) is 4.51. The number of allylic oxidation sites excluding steroid dienone is 1. The van der Waals surface area contributed by atoms with Gasteiger partial charge in [0.25, 0.3) is 5.91 Å². The maximum Gasteiger partial charge on any atom is 0.253 e. The van der Waals surface area contributed by atoms with E-state index in [0.29, 0.717) is 12.0 Å². The summed E-state index contributed by atoms with van der Waals surface area (Å²) >= 11 is 0. The topological polar surface area (TPSA) is 26.8 Å². The Morgan fingerprint density at radius 1 is 1.00 bits per heavy atom. The van der Waals surface area contributed by atoms with Crippen LogP contribution in [0, 0.1) is 5.92 Å². The molecule has 0 radical (unpaired) electrons. The molecule has 1 aliphatic heterocycles. The summed E-state index contributed by atoms with van der Waals surface area (Å²) in [7, 11) is 0. The number of para-hydroxylation sites is 1. The highest BCUT2D eigenvalue weighted by Gasteiger charge is 2.31. The van der Waals surface area contributed by atoms with Crippen LogP contribution in [0.15, 0.2) is 66.2 Å². The second kappa shape index (κ2) is 11.3. The van der Waals surface area contributed by atoms with Crippen molar-refractivity contribution in [3.63, 3.8) is 0 Å². The fraction of sp³-hybridized carbons (Fsp3) is 0.464. The number of rotatable bonds is 8. The Morgan fingerprint density at radius 2 is 1.62 bits per heavy atom. The standard InChI is InChI=1S/C28H39N3O/c1-6-30(7-2)28(32)24-13-15-26(16-14-24)31(25-11-9-8-10-12-25)27-18-20-29(21-23(27)5)19-17-22(3)4/h8-17,23,27H,6-7,18-21H2,1-5H3/t23-,27+/m0/s1. The first-order chi connectivity index (χ1) is 15.4. The van der Waals surface area contributed by atoms with Gasteiger partial charge in [0.05, 0.1) is 0 Å². The Bertz CT molecular complexity index is 883. The van der Waals surface area contributed by atoms with Gasteiger partial charge in [0, 0.05) is 55.7 Å². The summed E-state index contributed by atoms with van der Waals surface area (Å²) in [6.07, 6.45) is 3.44. The van der Waals surface area contributed by atoms with Crippen molar-refractivity contribution in [2.24, 2.45) is 5.92 Å². The molecule has 4 heteroatoms. The van der Waals surface area contributed by atoms with Crippen molar-refractivity contribution in [2.45, 2.75) is 47.1 Å². The molecule has 0 spiro atoms. The average molecular weight is 434 g/mol. The maximum absolute atomic E-state index is 12.8. The molecule has 3 rings (SSSR count). The molecule has 2 aromatic rings. The lowest BCUT2D eigenvalue weighted by Gasteiger charge is -2.43. The Hall–Kier alpha value is -2.59. The molecular weight excluding hydrogens is 394 g/mol. The lowest BCUT2D eigenvalue weighted by molar-refractivity contribution is 0.0773. The number of hydrogen-bond donors (Lipinski definition) is 0. The molecule has 0 aliphatic carbocycles. The van der Waals surface area contributed by atoms with E-state index in [-0.39, 0.29) is 5.91 Å². The van der Waals surface area contributed by atoms with Gasteiger partial charge in [-0.1, -0.05) is 36.8 Å². The number of amides is 1. The Kier molecular flexibility index (Phi) is 8.52. The van der Waals surface area contributed by atoms with Gasteiger partial charge in [-0.3, -0.25) is 9.69 Å². The predicted molar refractivity (Wildman–Crippen MR) is 136 cm³/mol. The molecule has 1 fully saturated rings. The largest absolute Gasteiger partial charge is 0.339 e. The van der Waals surface area contributed by atoms with Crippen LogP contribution in [0.2, 0.25) is 0 Å². The number of benzene rings is 2. The van der Waals surface area contributed by atoms with Crippen molar-refractivity contribution >= 4 is 17.3 Å². The van der Waals surface area contributed by atoms with Crippen molar-refractivity contribution in [1.82, 2.24) is 9.80 Å². The van der Waals surface area contributed by atoms with Gasteiger partial charge in [-0.2, -0.15) is 0 Å². The highest BCUT2D eigenvalue weighted by atomic mass is 16.2. The van der Waals surface area contributed by atoms with Crippen molar-refractivity contribution in [1.29, 1.82) is 0 Å². The molecule has 32 heavy (non-hydrogen) atoms. The van der Waals surface area contributed by atoms with E-state index in [2.05, 4.69) is 79.1 Å². The molecule has 0 bridgehead atoms. The normalized spacial score (nSPS) is 18.8. The number of likely N-dealkylation sites (tertiary alicyclic amines) is 1. The van der Waals surface area contributed by atoms with E-state index >= 15 is 0 Å². The number of carbonyl (C=O) groups excluding carboxylic acids is 1. The van der Waals surface area contributed by atoms with Gasteiger partial charge in [-0.25, -0.2) is 0 Å². The zero-order valence-corrected chi connectivity index (χ0v) is 20.4. The lowest BCUT2D eigenvalue weighted by atomic mass is 9.91. The SMILES string of the molecule is CCN(CC)C(=O)c1ccc(N(c2ccccc2)[C@@H]2CCN(CC=C(C)C)C[C@@H]2C)cc1. The van der Waals surface area contributed by atoms with Gasteiger partial charge in [-0.05, 0) is 76.4 Å². The van der Waals surface area contributed by atoms with Crippen LogP contribution in [0.25, 0.3) is 0 Å². The fourth-order valence-corrected chi connectivity index (χ4v) is 4.66. The summed E-state index contributed by atoms with van der Waals surface area (Å²) in [5, 5.41) is 0. The van der Waals surface area contributed by atoms with E-state index in [9.17, 15) is 4.79 Å². The van der Waals surface area contributed by atoms with Crippen LogP contribution in [0.3, 0.4) is 0 Å². The van der Waals surface area contributed by atoms with Gasteiger partial charge >= 0.3 is 0 Å². The second-order valence-corrected chi connectivity index (χ2v) is 9.10. The summed E-state index contributed by atoms with van der Waals surface area (Å²) in [5.74, 6) is 0.639. The lowest BCUT2D eigenvalue weighted by Crippen LogP contribution is -2.48. The molecule has 1 saturated heterocycles. The van der Waals surface area contributed by atoms with E-state index in [0.717, 1.165) is 50.4 Å². The zero-order valence-electron chi connectivity index (χ0n) is 20.4. The Labute approximate surface area is 194 Å². The smallest absolute Gasteiger partial charge is 0.253 e. The molecule has 0 saturated carbocycles. The van der Waals surface area contributed by atoms with Gasteiger partial charge in [0.1, 0.15) is 0 Å². The zero-order chi connectivity index (χ0) is 23.1. The molecular formula is C28H39N3O. The van der Waals surface area contributed by atoms with Crippen LogP contribution < -0.4 is 4.90 Å². The first-order valence-corrected chi connectivity index (χ1v) is 12.0. The van der Waals surface area contributed by atoms with E-state index in [4.69, 9.17) is 0 Å². The van der Waals surface area contributed by atoms with Crippen LogP contribution in [0.4, 0.5) is 11.4 Å². The molecule has 2 aromatic carbocycles. The van der Waals surface area contributed by atoms with Crippen LogP contribution >= 0.6 is 0 Å². The van der Waals surface area contributed by atoms with Crippen LogP contribution in [-0.2, 0) is 0 Å². The van der Waals surface area contributed by atoms with Crippen LogP contribution in [0.1, 0.15) is 51.4 Å². The number of carbonyl (C=O) groups is 1. The molecule has 0 N–H and O–H groups in total. The summed E-state index contributed by atoms with van der Waals surface area (Å²) < 4.78 is 0. The van der Waals surface area contributed by atoms with Crippen molar-refractivity contribution < 1.29 is 4.79 Å². The summed E-state index contributed by atoms with van der Waals surface area (Å²) in [6.45, 7) is 15.4. The predicted octanol–water partition coefficient (Wildman–Crippen LogP) is 5.98. The first-order valence-electron chi connectivity index (χ1n) is 12.0. The van der Waals surface area contributed by atoms with Crippen LogP contribution in [-0.4, -0.2) is 54.5 Å². The molecule has 172 valence electrons. The number of anilines is 2. The van der Waals surface area contributed by atoms with E-state index in [1.807, 2.05) is 30.9 Å². The van der Waals surface area contributed by atoms with Crippen molar-refractivity contribution in [2.75, 3.05) is 37.6 Å². The summed E-state index contributed by atoms with van der Waals surface area (Å²) in [6, 6.07) is 19.3. The number of nitrogens with zero attached hydrogens (tertiary/aromatic N) is 3. The molecule has 1 amide bonds. The maximum atomic E-state index is 12.8. The van der Waals surface area contributed by atoms with Crippen LogP contribution in [0.5, 0.6) is 0 Å². The molecule has 4 nitrogen and oxygen atoms in total. The second-order valence-electron chi connectivity index (χ2n) is 9.10. The highest BCUT2D eigenvalue weighted by Crippen LogP contribution is 2.34. The minimum atomic E-state index is 0.105. The Balaban J connectivity index is 1.85. The number of piperidine rings is 1. The third-order valence-electron chi connectivity index (χ3n) is 6.51. The molecule has 0 unspecified atom stereocenters. The van der Waals surface area contributed by atoms with Crippen molar-refractivity contribution in [3.05, 3.63) is 71.8 Å². The van der Waals surface area contributed by atoms with E-state index in [1.165, 1.54) is 11.3 Å². The fourth-order valence-electron chi connectivity index (χ4n) is 4.66. The van der Waals surface area contributed by atoms with Gasteiger partial charge in [0.2, 0.25) is 0 Å². The van der Waals surface area contributed by atoms with Gasteiger partial charge < -0.3 is 9.80 Å². The minimum absolute atomic E-state index is 0.105. The highest BCUT2D eigenvalue weighted by molar-refractivity contribution is 5.94. The van der Waals surface area contributed by atoms with Crippen molar-refractivity contribution in [3.8, 4) is 0 Å². The third kappa shape index (κ3) is 5.80. The third-order valence-corrected chi connectivity index (χ3v) is 6.51. The molecule has 1 heterocycles. The molecule has 2 atom stereocenters. The van der Waals surface area contributed by atoms with Gasteiger partial charge in [0.15, 0.2) is 0 Å². The summed E-state index contributed by atoms with van der Waals surface area (Å²) in [4.78, 5) is 19.7. The first kappa shape index (κ1) is 24.1. The average Bonchev–Trinajstić information content (AvgIpc) is 2.81. The van der Waals surface area contributed by atoms with E-state index in [1.54, 1.807) is 0 Å². The van der Waals surface area contributed by atoms with Gasteiger partial charge in [-0.15, -0.1) is 0 Å². The quantitative estimate of drug-likeness (QED) is 0.479. The molecule has 0 aromatic heterocycles. The minimum Gasteiger partial charge on any atom is -0.339 e. The van der Waals surface area contributed by atoms with E-state index < -0.39 is 0 Å². The Morgan fingerprint density at radius 3 is 2.19 bits per heavy atom. The molecule has 1 aliphatic rings. The number of hydrogen-bond acceptors (Lipinski definition) is 3. The monoisotopic (exact) mass is 433 g/mol.